The maximum absolute atomic E-state index is 12.9. The lowest BCUT2D eigenvalue weighted by molar-refractivity contribution is -0.126. The van der Waals surface area contributed by atoms with E-state index in [9.17, 15) is 4.79 Å². The van der Waals surface area contributed by atoms with Gasteiger partial charge in [-0.05, 0) is 78.9 Å². The van der Waals surface area contributed by atoms with Gasteiger partial charge in [0.05, 0.1) is 13.7 Å². The second-order valence-electron chi connectivity index (χ2n) is 11.1. The third-order valence-corrected chi connectivity index (χ3v) is 8.24. The number of benzene rings is 3. The summed E-state index contributed by atoms with van der Waals surface area (Å²) in [5.41, 5.74) is 6.25. The van der Waals surface area contributed by atoms with Gasteiger partial charge in [0.25, 0.3) is 0 Å². The van der Waals surface area contributed by atoms with E-state index < -0.39 is 0 Å². The fraction of sp³-hybridized carbons (Fsp3) is 0.364. The first-order chi connectivity index (χ1) is 20.1. The Morgan fingerprint density at radius 3 is 2.39 bits per heavy atom. The summed E-state index contributed by atoms with van der Waals surface area (Å²) in [6, 6.07) is 25.0. The van der Waals surface area contributed by atoms with Crippen molar-refractivity contribution >= 4 is 5.91 Å². The number of hydrogen-bond acceptors (Lipinski definition) is 7. The predicted octanol–water partition coefficient (Wildman–Crippen LogP) is 4.83. The van der Waals surface area contributed by atoms with Crippen LogP contribution in [0.4, 0.5) is 0 Å². The zero-order valence-electron chi connectivity index (χ0n) is 23.6. The molecule has 0 bridgehead atoms. The SMILES string of the molecule is COc1ccc(-c2noc(CN3CCC(C(=O)NCc4ccc(CN5CCc6ccccc6C5)cc4)CC3)n2)cc1. The smallest absolute Gasteiger partial charge is 0.241 e. The van der Waals surface area contributed by atoms with Crippen LogP contribution in [0.5, 0.6) is 5.75 Å². The summed E-state index contributed by atoms with van der Waals surface area (Å²) in [5, 5.41) is 7.28. The van der Waals surface area contributed by atoms with Crippen molar-refractivity contribution < 1.29 is 14.1 Å². The fourth-order valence-corrected chi connectivity index (χ4v) is 5.76. The molecule has 8 heteroatoms. The van der Waals surface area contributed by atoms with Gasteiger partial charge < -0.3 is 14.6 Å². The summed E-state index contributed by atoms with van der Waals surface area (Å²) in [6.07, 6.45) is 2.76. The van der Waals surface area contributed by atoms with E-state index in [1.807, 2.05) is 24.3 Å². The van der Waals surface area contributed by atoms with Gasteiger partial charge in [0.2, 0.25) is 17.6 Å². The Morgan fingerprint density at radius 2 is 1.63 bits per heavy atom. The number of piperidine rings is 1. The van der Waals surface area contributed by atoms with E-state index in [1.165, 1.54) is 16.7 Å². The van der Waals surface area contributed by atoms with E-state index in [0.29, 0.717) is 24.8 Å². The first kappa shape index (κ1) is 27.2. The molecule has 1 N–H and O–H groups in total. The number of nitrogens with one attached hydrogen (secondary N) is 1. The molecule has 41 heavy (non-hydrogen) atoms. The van der Waals surface area contributed by atoms with Crippen molar-refractivity contribution in [2.75, 3.05) is 26.7 Å². The van der Waals surface area contributed by atoms with Crippen LogP contribution in [0.1, 0.15) is 41.0 Å². The summed E-state index contributed by atoms with van der Waals surface area (Å²) < 4.78 is 10.7. The van der Waals surface area contributed by atoms with Gasteiger partial charge >= 0.3 is 0 Å². The highest BCUT2D eigenvalue weighted by molar-refractivity contribution is 5.78. The fourth-order valence-electron chi connectivity index (χ4n) is 5.76. The predicted molar refractivity (Wildman–Crippen MR) is 157 cm³/mol. The second-order valence-corrected chi connectivity index (χ2v) is 11.1. The van der Waals surface area contributed by atoms with Gasteiger partial charge in [0.1, 0.15) is 5.75 Å². The molecule has 3 heterocycles. The molecule has 3 aromatic carbocycles. The maximum atomic E-state index is 12.9. The molecule has 4 aromatic rings. The lowest BCUT2D eigenvalue weighted by atomic mass is 9.96. The first-order valence-electron chi connectivity index (χ1n) is 14.5. The number of hydrogen-bond donors (Lipinski definition) is 1. The Hall–Kier alpha value is -4.01. The van der Waals surface area contributed by atoms with Crippen LogP contribution in [-0.2, 0) is 37.4 Å². The van der Waals surface area contributed by atoms with Crippen molar-refractivity contribution in [3.63, 3.8) is 0 Å². The number of aromatic nitrogens is 2. The van der Waals surface area contributed by atoms with Crippen molar-refractivity contribution in [2.24, 2.45) is 5.92 Å². The van der Waals surface area contributed by atoms with Crippen LogP contribution in [0.15, 0.2) is 77.3 Å². The van der Waals surface area contributed by atoms with Crippen LogP contribution in [0.3, 0.4) is 0 Å². The molecule has 212 valence electrons. The molecule has 0 unspecified atom stereocenters. The number of fused-ring (bicyclic) bond motifs is 1. The summed E-state index contributed by atoms with van der Waals surface area (Å²) in [6.45, 7) is 5.86. The zero-order chi connectivity index (χ0) is 28.0. The number of nitrogens with zero attached hydrogens (tertiary/aromatic N) is 4. The Bertz CT molecular complexity index is 1440. The second kappa shape index (κ2) is 12.7. The van der Waals surface area contributed by atoms with Crippen LogP contribution in [0.25, 0.3) is 11.4 Å². The Balaban J connectivity index is 0.922. The third kappa shape index (κ3) is 6.84. The summed E-state index contributed by atoms with van der Waals surface area (Å²) in [5.74, 6) is 2.12. The standard InChI is InChI=1S/C33H37N5O3/c1-40-30-12-10-27(11-13-30)32-35-31(41-36-32)23-37-17-15-28(16-18-37)33(39)34-20-24-6-8-25(9-7-24)21-38-19-14-26-4-2-3-5-29(26)22-38/h2-13,28H,14-23H2,1H3,(H,34,39). The number of amides is 1. The minimum atomic E-state index is 0.0325. The number of methoxy groups -OCH3 is 1. The van der Waals surface area contributed by atoms with E-state index in [4.69, 9.17) is 9.26 Å². The molecule has 0 saturated carbocycles. The summed E-state index contributed by atoms with van der Waals surface area (Å²) >= 11 is 0. The molecule has 0 atom stereocenters. The third-order valence-electron chi connectivity index (χ3n) is 8.24. The van der Waals surface area contributed by atoms with Gasteiger partial charge in [-0.25, -0.2) is 0 Å². The van der Waals surface area contributed by atoms with Crippen molar-refractivity contribution in [1.82, 2.24) is 25.3 Å². The summed E-state index contributed by atoms with van der Waals surface area (Å²) in [7, 11) is 1.64. The Morgan fingerprint density at radius 1 is 0.902 bits per heavy atom. The van der Waals surface area contributed by atoms with Gasteiger partial charge in [-0.1, -0.05) is 53.7 Å². The molecule has 1 fully saturated rings. The van der Waals surface area contributed by atoms with Crippen molar-refractivity contribution in [3.8, 4) is 17.1 Å². The van der Waals surface area contributed by atoms with E-state index in [2.05, 4.69) is 73.8 Å². The number of likely N-dealkylation sites (tertiary alicyclic amines) is 1. The molecular formula is C33H37N5O3. The molecule has 0 radical (unpaired) electrons. The zero-order valence-corrected chi connectivity index (χ0v) is 23.6. The minimum absolute atomic E-state index is 0.0325. The molecule has 1 saturated heterocycles. The van der Waals surface area contributed by atoms with Gasteiger partial charge in [-0.2, -0.15) is 4.98 Å². The normalized spacial score (nSPS) is 16.3. The summed E-state index contributed by atoms with van der Waals surface area (Å²) in [4.78, 5) is 22.2. The highest BCUT2D eigenvalue weighted by Gasteiger charge is 2.26. The van der Waals surface area contributed by atoms with E-state index in [-0.39, 0.29) is 11.8 Å². The lowest BCUT2D eigenvalue weighted by Gasteiger charge is -2.30. The van der Waals surface area contributed by atoms with Gasteiger partial charge in [-0.15, -0.1) is 0 Å². The average Bonchev–Trinajstić information content (AvgIpc) is 3.49. The van der Waals surface area contributed by atoms with Gasteiger partial charge in [0.15, 0.2) is 0 Å². The maximum Gasteiger partial charge on any atom is 0.241 e. The van der Waals surface area contributed by atoms with Crippen LogP contribution in [0.2, 0.25) is 0 Å². The van der Waals surface area contributed by atoms with Crippen LogP contribution >= 0.6 is 0 Å². The number of carbonyl (C=O) groups is 1. The topological polar surface area (TPSA) is 83.7 Å². The minimum Gasteiger partial charge on any atom is -0.497 e. The van der Waals surface area contributed by atoms with Gasteiger partial charge in [0, 0.05) is 37.7 Å². The lowest BCUT2D eigenvalue weighted by Crippen LogP contribution is -2.40. The van der Waals surface area contributed by atoms with E-state index in [1.54, 1.807) is 7.11 Å². The van der Waals surface area contributed by atoms with Gasteiger partial charge in [-0.3, -0.25) is 14.6 Å². The van der Waals surface area contributed by atoms with Crippen molar-refractivity contribution in [1.29, 1.82) is 0 Å². The highest BCUT2D eigenvalue weighted by Crippen LogP contribution is 2.23. The Kier molecular flexibility index (Phi) is 8.39. The van der Waals surface area contributed by atoms with E-state index >= 15 is 0 Å². The van der Waals surface area contributed by atoms with Crippen LogP contribution < -0.4 is 10.1 Å². The molecule has 8 nitrogen and oxygen atoms in total. The van der Waals surface area contributed by atoms with Crippen LogP contribution in [0, 0.1) is 5.92 Å². The number of carbonyl (C=O) groups excluding carboxylic acids is 1. The molecule has 0 spiro atoms. The number of rotatable bonds is 9. The quantitative estimate of drug-likeness (QED) is 0.319. The molecular weight excluding hydrogens is 514 g/mol. The molecule has 1 amide bonds. The Labute approximate surface area is 241 Å². The molecule has 0 aliphatic carbocycles. The molecule has 1 aromatic heterocycles. The number of ether oxygens (including phenoxy) is 1. The van der Waals surface area contributed by atoms with Crippen molar-refractivity contribution in [3.05, 3.63) is 101 Å². The highest BCUT2D eigenvalue weighted by atomic mass is 16.5. The molecule has 2 aliphatic heterocycles. The van der Waals surface area contributed by atoms with Crippen molar-refractivity contribution in [2.45, 2.75) is 45.4 Å². The largest absolute Gasteiger partial charge is 0.497 e. The monoisotopic (exact) mass is 551 g/mol. The molecule has 2 aliphatic rings. The first-order valence-corrected chi connectivity index (χ1v) is 14.5. The van der Waals surface area contributed by atoms with E-state index in [0.717, 1.165) is 68.9 Å². The van der Waals surface area contributed by atoms with Crippen LogP contribution in [-0.4, -0.2) is 52.6 Å². The molecule has 6 rings (SSSR count). The average molecular weight is 552 g/mol.